The molecule has 0 radical (unpaired) electrons. The molecule has 0 saturated heterocycles. The third kappa shape index (κ3) is 4.78. The van der Waals surface area contributed by atoms with Gasteiger partial charge in [-0.05, 0) is 23.3 Å². The van der Waals surface area contributed by atoms with Crippen molar-refractivity contribution in [1.29, 1.82) is 0 Å². The van der Waals surface area contributed by atoms with E-state index >= 15 is 0 Å². The number of hydrogen-bond donors (Lipinski definition) is 0. The zero-order valence-corrected chi connectivity index (χ0v) is 16.9. The number of rotatable bonds is 8. The highest BCUT2D eigenvalue weighted by atomic mass is 16.3. The van der Waals surface area contributed by atoms with Crippen LogP contribution in [0.3, 0.4) is 0 Å². The molecule has 1 heterocycles. The van der Waals surface area contributed by atoms with E-state index < -0.39 is 11.8 Å². The van der Waals surface area contributed by atoms with Crippen molar-refractivity contribution in [3.8, 4) is 0 Å². The molecular weight excluding hydrogens is 384 g/mol. The van der Waals surface area contributed by atoms with Crippen LogP contribution in [0.15, 0.2) is 120 Å². The number of carbonyl (C=O) groups excluding carboxylic acids is 2. The summed E-state index contributed by atoms with van der Waals surface area (Å²) in [7, 11) is 0. The minimum Gasteiger partial charge on any atom is -0.461 e. The maximum absolute atomic E-state index is 13.6. The first-order valence-electron chi connectivity index (χ1n) is 10.2. The van der Waals surface area contributed by atoms with Crippen LogP contribution in [0.5, 0.6) is 0 Å². The van der Waals surface area contributed by atoms with Crippen molar-refractivity contribution in [3.05, 3.63) is 138 Å². The van der Waals surface area contributed by atoms with Gasteiger partial charge >= 0.3 is 0 Å². The first kappa shape index (κ1) is 20.3. The number of Topliss-reactive ketones (excluding diaryl/α,β-unsaturated/α-hetero) is 2. The Morgan fingerprint density at radius 2 is 1.29 bits per heavy atom. The van der Waals surface area contributed by atoms with E-state index in [1.807, 2.05) is 78.9 Å². The predicted octanol–water partition coefficient (Wildman–Crippen LogP) is 6.46. The topological polar surface area (TPSA) is 47.3 Å². The highest BCUT2D eigenvalue weighted by Gasteiger charge is 2.36. The third-order valence-corrected chi connectivity index (χ3v) is 5.23. The standard InChI is InChI=1S/C28H22O3/c29-27(23-15-8-3-9-16-23)26(28(30)25-17-10-20-31-25)24(22-13-6-2-7-14-22)19-18-21-11-4-1-5-12-21/h1-20,24,26H/b19-18+. The molecule has 152 valence electrons. The molecule has 2 unspecified atom stereocenters. The second-order valence-electron chi connectivity index (χ2n) is 7.26. The van der Waals surface area contributed by atoms with Gasteiger partial charge in [0, 0.05) is 11.5 Å². The molecule has 0 aliphatic rings. The molecule has 0 spiro atoms. The van der Waals surface area contributed by atoms with Gasteiger partial charge in [0.05, 0.1) is 12.2 Å². The molecular formula is C28H22O3. The molecule has 3 heteroatoms. The van der Waals surface area contributed by atoms with Gasteiger partial charge in [0.25, 0.3) is 0 Å². The second-order valence-corrected chi connectivity index (χ2v) is 7.26. The Bertz CT molecular complexity index is 1140. The summed E-state index contributed by atoms with van der Waals surface area (Å²) in [6.07, 6.45) is 5.35. The monoisotopic (exact) mass is 406 g/mol. The molecule has 1 aromatic heterocycles. The van der Waals surface area contributed by atoms with E-state index in [9.17, 15) is 9.59 Å². The Hall–Kier alpha value is -3.98. The Labute approximate surface area is 181 Å². The molecule has 4 rings (SSSR count). The Morgan fingerprint density at radius 1 is 0.677 bits per heavy atom. The summed E-state index contributed by atoms with van der Waals surface area (Å²) in [5.41, 5.74) is 2.39. The molecule has 3 nitrogen and oxygen atoms in total. The van der Waals surface area contributed by atoms with Gasteiger partial charge in [-0.25, -0.2) is 0 Å². The van der Waals surface area contributed by atoms with Crippen LogP contribution in [-0.2, 0) is 0 Å². The first-order valence-corrected chi connectivity index (χ1v) is 10.2. The van der Waals surface area contributed by atoms with Crippen LogP contribution in [0, 0.1) is 5.92 Å². The molecule has 0 bridgehead atoms. The van der Waals surface area contributed by atoms with Gasteiger partial charge in [0.15, 0.2) is 11.5 Å². The number of furan rings is 1. The van der Waals surface area contributed by atoms with Crippen LogP contribution in [0.4, 0.5) is 0 Å². The lowest BCUT2D eigenvalue weighted by Gasteiger charge is -2.23. The molecule has 4 aromatic rings. The van der Waals surface area contributed by atoms with Crippen LogP contribution >= 0.6 is 0 Å². The van der Waals surface area contributed by atoms with Crippen LogP contribution < -0.4 is 0 Å². The average molecular weight is 406 g/mol. The lowest BCUT2D eigenvalue weighted by atomic mass is 9.77. The van der Waals surface area contributed by atoms with Crippen molar-refractivity contribution >= 4 is 17.6 Å². The summed E-state index contributed by atoms with van der Waals surface area (Å²) in [4.78, 5) is 27.1. The lowest BCUT2D eigenvalue weighted by molar-refractivity contribution is 0.0778. The quantitative estimate of drug-likeness (QED) is 0.249. The molecule has 31 heavy (non-hydrogen) atoms. The molecule has 0 aliphatic heterocycles. The summed E-state index contributed by atoms with van der Waals surface area (Å²) in [6, 6.07) is 31.7. The summed E-state index contributed by atoms with van der Waals surface area (Å²) in [5, 5.41) is 0. The number of ketones is 2. The van der Waals surface area contributed by atoms with Gasteiger partial charge in [0.2, 0.25) is 5.78 Å². The fourth-order valence-corrected chi connectivity index (χ4v) is 3.67. The minimum atomic E-state index is -0.948. The highest BCUT2D eigenvalue weighted by Crippen LogP contribution is 2.33. The van der Waals surface area contributed by atoms with E-state index in [0.717, 1.165) is 11.1 Å². The number of carbonyl (C=O) groups is 2. The Kier molecular flexibility index (Phi) is 6.34. The van der Waals surface area contributed by atoms with E-state index in [-0.39, 0.29) is 17.3 Å². The normalized spacial score (nSPS) is 13.0. The Balaban J connectivity index is 1.81. The third-order valence-electron chi connectivity index (χ3n) is 5.23. The minimum absolute atomic E-state index is 0.184. The van der Waals surface area contributed by atoms with Crippen LogP contribution in [0.25, 0.3) is 6.08 Å². The van der Waals surface area contributed by atoms with E-state index in [1.165, 1.54) is 6.26 Å². The fraction of sp³-hybridized carbons (Fsp3) is 0.0714. The van der Waals surface area contributed by atoms with Crippen LogP contribution in [-0.4, -0.2) is 11.6 Å². The summed E-state index contributed by atoms with van der Waals surface area (Å²) < 4.78 is 5.39. The summed E-state index contributed by atoms with van der Waals surface area (Å²) in [6.45, 7) is 0. The van der Waals surface area contributed by atoms with E-state index in [4.69, 9.17) is 4.42 Å². The maximum Gasteiger partial charge on any atom is 0.209 e. The van der Waals surface area contributed by atoms with Crippen molar-refractivity contribution in [2.24, 2.45) is 5.92 Å². The molecule has 0 amide bonds. The highest BCUT2D eigenvalue weighted by molar-refractivity contribution is 6.16. The summed E-state index contributed by atoms with van der Waals surface area (Å²) >= 11 is 0. The van der Waals surface area contributed by atoms with Crippen molar-refractivity contribution in [3.63, 3.8) is 0 Å². The van der Waals surface area contributed by atoms with Gasteiger partial charge < -0.3 is 4.42 Å². The van der Waals surface area contributed by atoms with Gasteiger partial charge in [-0.15, -0.1) is 0 Å². The lowest BCUT2D eigenvalue weighted by Crippen LogP contribution is -2.30. The van der Waals surface area contributed by atoms with Gasteiger partial charge in [-0.2, -0.15) is 0 Å². The predicted molar refractivity (Wildman–Crippen MR) is 122 cm³/mol. The van der Waals surface area contributed by atoms with Crippen LogP contribution in [0.1, 0.15) is 38.0 Å². The Morgan fingerprint density at radius 3 is 1.90 bits per heavy atom. The zero-order valence-electron chi connectivity index (χ0n) is 16.9. The molecule has 2 atom stereocenters. The SMILES string of the molecule is O=C(c1ccccc1)C(C(=O)c1ccco1)C(/C=C/c1ccccc1)c1ccccc1. The second kappa shape index (κ2) is 9.68. The van der Waals surface area contributed by atoms with Crippen molar-refractivity contribution in [1.82, 2.24) is 0 Å². The van der Waals surface area contributed by atoms with Crippen molar-refractivity contribution < 1.29 is 14.0 Å². The fourth-order valence-electron chi connectivity index (χ4n) is 3.67. The largest absolute Gasteiger partial charge is 0.461 e. The van der Waals surface area contributed by atoms with Gasteiger partial charge in [0.1, 0.15) is 0 Å². The van der Waals surface area contributed by atoms with Gasteiger partial charge in [-0.3, -0.25) is 9.59 Å². The molecule has 0 aliphatic carbocycles. The van der Waals surface area contributed by atoms with Crippen LogP contribution in [0.2, 0.25) is 0 Å². The zero-order chi connectivity index (χ0) is 21.5. The number of benzene rings is 3. The van der Waals surface area contributed by atoms with E-state index in [1.54, 1.807) is 36.4 Å². The molecule has 0 fully saturated rings. The maximum atomic E-state index is 13.6. The molecule has 0 saturated carbocycles. The molecule has 3 aromatic carbocycles. The summed E-state index contributed by atoms with van der Waals surface area (Å²) in [5.74, 6) is -1.77. The molecule has 0 N–H and O–H groups in total. The van der Waals surface area contributed by atoms with Gasteiger partial charge in [-0.1, -0.05) is 103 Å². The average Bonchev–Trinajstić information content (AvgIpc) is 3.38. The first-order chi connectivity index (χ1) is 15.2. The number of allylic oxidation sites excluding steroid dienone is 1. The number of hydrogen-bond acceptors (Lipinski definition) is 3. The smallest absolute Gasteiger partial charge is 0.209 e. The van der Waals surface area contributed by atoms with Crippen molar-refractivity contribution in [2.45, 2.75) is 5.92 Å². The van der Waals surface area contributed by atoms with Crippen molar-refractivity contribution in [2.75, 3.05) is 0 Å². The van der Waals surface area contributed by atoms with E-state index in [2.05, 4.69) is 0 Å². The van der Waals surface area contributed by atoms with E-state index in [0.29, 0.717) is 5.56 Å².